The molecule has 0 amide bonds. The number of rotatable bonds is 5. The first-order chi connectivity index (χ1) is 18.5. The smallest absolute Gasteiger partial charge is 0.269 e. The van der Waals surface area contributed by atoms with Crippen LogP contribution in [0.2, 0.25) is 0 Å². The van der Waals surface area contributed by atoms with Crippen LogP contribution < -0.4 is 10.6 Å². The van der Waals surface area contributed by atoms with Crippen LogP contribution in [0.1, 0.15) is 12.8 Å². The van der Waals surface area contributed by atoms with Gasteiger partial charge in [-0.1, -0.05) is 12.1 Å². The van der Waals surface area contributed by atoms with Gasteiger partial charge < -0.3 is 15.5 Å². The van der Waals surface area contributed by atoms with E-state index < -0.39 is 4.92 Å². The average Bonchev–Trinajstić information content (AvgIpc) is 3.39. The van der Waals surface area contributed by atoms with Gasteiger partial charge in [-0.2, -0.15) is 9.61 Å². The van der Waals surface area contributed by atoms with E-state index >= 15 is 0 Å². The highest BCUT2D eigenvalue weighted by Gasteiger charge is 2.26. The van der Waals surface area contributed by atoms with Crippen molar-refractivity contribution in [3.05, 3.63) is 71.0 Å². The summed E-state index contributed by atoms with van der Waals surface area (Å²) < 4.78 is 1.63. The predicted octanol–water partition coefficient (Wildman–Crippen LogP) is 4.19. The molecule has 2 N–H and O–H groups in total. The third-order valence-electron chi connectivity index (χ3n) is 8.02. The van der Waals surface area contributed by atoms with Crippen LogP contribution in [0.15, 0.2) is 60.9 Å². The number of halogens is 1. The van der Waals surface area contributed by atoms with Crippen molar-refractivity contribution in [3.8, 4) is 22.3 Å². The quantitative estimate of drug-likeness (QED) is 0.292. The SMILES string of the molecule is CN1CCC(N2CCN(c3ccc(-c4cnn5c(N)c(-c6ccc([N+](=O)[O-])cc6)cnc45)cc3)CC2)CC1.Cl. The van der Waals surface area contributed by atoms with Gasteiger partial charge in [0.25, 0.3) is 5.69 Å². The first-order valence-electron chi connectivity index (χ1n) is 13.1. The highest BCUT2D eigenvalue weighted by atomic mass is 35.5. The van der Waals surface area contributed by atoms with Crippen molar-refractivity contribution in [2.45, 2.75) is 18.9 Å². The molecule has 0 atom stereocenters. The molecule has 4 aromatic rings. The lowest BCUT2D eigenvalue weighted by atomic mass is 10.0. The number of nitro groups is 1. The number of piperazine rings is 1. The number of nitrogens with two attached hydrogens (primary N) is 1. The molecule has 0 saturated carbocycles. The third kappa shape index (κ3) is 5.27. The van der Waals surface area contributed by atoms with E-state index in [-0.39, 0.29) is 18.1 Å². The number of nitro benzene ring substituents is 1. The summed E-state index contributed by atoms with van der Waals surface area (Å²) in [6, 6.07) is 15.6. The molecule has 2 fully saturated rings. The molecule has 39 heavy (non-hydrogen) atoms. The Bertz CT molecular complexity index is 1440. The maximum atomic E-state index is 11.0. The van der Waals surface area contributed by atoms with Crippen molar-refractivity contribution >= 4 is 35.2 Å². The van der Waals surface area contributed by atoms with Crippen LogP contribution >= 0.6 is 12.4 Å². The Morgan fingerprint density at radius 1 is 0.872 bits per heavy atom. The number of hydrogen-bond acceptors (Lipinski definition) is 8. The van der Waals surface area contributed by atoms with Gasteiger partial charge in [0, 0.05) is 67.4 Å². The number of anilines is 2. The number of non-ortho nitro benzene ring substituents is 1. The number of nitrogens with zero attached hydrogens (tertiary/aromatic N) is 7. The molecule has 2 aromatic carbocycles. The van der Waals surface area contributed by atoms with Crippen LogP contribution in [-0.2, 0) is 0 Å². The van der Waals surface area contributed by atoms with Gasteiger partial charge in [0.2, 0.25) is 0 Å². The van der Waals surface area contributed by atoms with E-state index in [1.165, 1.54) is 43.8 Å². The molecule has 0 bridgehead atoms. The van der Waals surface area contributed by atoms with E-state index in [1.807, 2.05) is 0 Å². The molecule has 0 radical (unpaired) electrons. The zero-order valence-electron chi connectivity index (χ0n) is 21.9. The van der Waals surface area contributed by atoms with Crippen LogP contribution in [0.4, 0.5) is 17.2 Å². The maximum absolute atomic E-state index is 11.0. The standard InChI is InChI=1S/C28H32N8O2.ClH/c1-32-12-10-23(11-13-32)34-16-14-33(15-17-34)22-6-2-21(3-7-22)26-19-31-35-27(29)25(18-30-28(26)35)20-4-8-24(9-5-20)36(37)38;/h2-9,18-19,23H,10-17,29H2,1H3;1H. The normalized spacial score (nSPS) is 17.3. The fourth-order valence-corrected chi connectivity index (χ4v) is 5.69. The fourth-order valence-electron chi connectivity index (χ4n) is 5.69. The van der Waals surface area contributed by atoms with Crippen molar-refractivity contribution in [2.75, 3.05) is 56.9 Å². The Morgan fingerprint density at radius 3 is 2.13 bits per heavy atom. The zero-order valence-corrected chi connectivity index (χ0v) is 22.8. The largest absolute Gasteiger partial charge is 0.383 e. The van der Waals surface area contributed by atoms with E-state index in [2.05, 4.69) is 56.1 Å². The monoisotopic (exact) mass is 548 g/mol. The first-order valence-corrected chi connectivity index (χ1v) is 13.1. The summed E-state index contributed by atoms with van der Waals surface area (Å²) in [5.74, 6) is 0.439. The van der Waals surface area contributed by atoms with E-state index in [9.17, 15) is 10.1 Å². The van der Waals surface area contributed by atoms with Crippen molar-refractivity contribution < 1.29 is 4.92 Å². The average molecular weight is 549 g/mol. The number of benzene rings is 2. The predicted molar refractivity (Wildman–Crippen MR) is 156 cm³/mol. The molecule has 0 spiro atoms. The Morgan fingerprint density at radius 2 is 1.49 bits per heavy atom. The number of nitrogen functional groups attached to an aromatic ring is 1. The minimum absolute atomic E-state index is 0. The van der Waals surface area contributed by atoms with Crippen molar-refractivity contribution in [2.24, 2.45) is 0 Å². The van der Waals surface area contributed by atoms with Crippen molar-refractivity contribution in [1.29, 1.82) is 0 Å². The minimum atomic E-state index is -0.421. The van der Waals surface area contributed by atoms with E-state index in [0.717, 1.165) is 48.9 Å². The Balaban J connectivity index is 0.00000308. The molecule has 10 nitrogen and oxygen atoms in total. The van der Waals surface area contributed by atoms with Crippen LogP contribution in [0, 0.1) is 10.1 Å². The summed E-state index contributed by atoms with van der Waals surface area (Å²) in [6.45, 7) is 6.73. The van der Waals surface area contributed by atoms with Gasteiger partial charge >= 0.3 is 0 Å². The lowest BCUT2D eigenvalue weighted by molar-refractivity contribution is -0.384. The zero-order chi connectivity index (χ0) is 26.2. The molecule has 0 aliphatic carbocycles. The topological polar surface area (TPSA) is 109 Å². The lowest BCUT2D eigenvalue weighted by Crippen LogP contribution is -2.52. The Labute approximate surface area is 233 Å². The fraction of sp³-hybridized carbons (Fsp3) is 0.357. The van der Waals surface area contributed by atoms with Gasteiger partial charge in [0.15, 0.2) is 5.65 Å². The lowest BCUT2D eigenvalue weighted by Gasteiger charge is -2.42. The number of piperidine rings is 1. The van der Waals surface area contributed by atoms with Gasteiger partial charge in [-0.25, -0.2) is 4.98 Å². The second kappa shape index (κ2) is 11.2. The van der Waals surface area contributed by atoms with Crippen LogP contribution in [0.25, 0.3) is 27.9 Å². The van der Waals surface area contributed by atoms with Gasteiger partial charge in [0.05, 0.1) is 11.1 Å². The molecule has 6 rings (SSSR count). The third-order valence-corrected chi connectivity index (χ3v) is 8.02. The molecule has 0 unspecified atom stereocenters. The van der Waals surface area contributed by atoms with E-state index in [0.29, 0.717) is 17.0 Å². The minimum Gasteiger partial charge on any atom is -0.383 e. The summed E-state index contributed by atoms with van der Waals surface area (Å²) in [7, 11) is 2.22. The molecule has 11 heteroatoms. The Kier molecular flexibility index (Phi) is 7.69. The van der Waals surface area contributed by atoms with E-state index in [4.69, 9.17) is 5.73 Å². The van der Waals surface area contributed by atoms with E-state index in [1.54, 1.807) is 29.0 Å². The molecule has 2 aromatic heterocycles. The number of fused-ring (bicyclic) bond motifs is 1. The number of aromatic nitrogens is 3. The molecular weight excluding hydrogens is 516 g/mol. The summed E-state index contributed by atoms with van der Waals surface area (Å²) in [4.78, 5) is 22.8. The summed E-state index contributed by atoms with van der Waals surface area (Å²) in [6.07, 6.45) is 6.04. The Hall–Kier alpha value is -3.73. The second-order valence-electron chi connectivity index (χ2n) is 10.3. The summed E-state index contributed by atoms with van der Waals surface area (Å²) in [5.41, 5.74) is 11.8. The van der Waals surface area contributed by atoms with Crippen LogP contribution in [0.5, 0.6) is 0 Å². The van der Waals surface area contributed by atoms with Gasteiger partial charge in [-0.3, -0.25) is 15.0 Å². The first kappa shape index (κ1) is 26.9. The molecule has 204 valence electrons. The highest BCUT2D eigenvalue weighted by molar-refractivity contribution is 5.85. The number of hydrogen-bond donors (Lipinski definition) is 1. The van der Waals surface area contributed by atoms with Gasteiger partial charge in [0.1, 0.15) is 5.82 Å². The molecule has 2 aliphatic rings. The second-order valence-corrected chi connectivity index (χ2v) is 10.3. The van der Waals surface area contributed by atoms with Crippen LogP contribution in [0.3, 0.4) is 0 Å². The highest BCUT2D eigenvalue weighted by Crippen LogP contribution is 2.32. The summed E-state index contributed by atoms with van der Waals surface area (Å²) in [5, 5.41) is 15.5. The van der Waals surface area contributed by atoms with Crippen LogP contribution in [-0.4, -0.2) is 81.7 Å². The molecular formula is C28H33ClN8O2. The van der Waals surface area contributed by atoms with Gasteiger partial charge in [-0.05, 0) is 68.4 Å². The molecule has 2 aliphatic heterocycles. The van der Waals surface area contributed by atoms with Crippen molar-refractivity contribution in [1.82, 2.24) is 24.4 Å². The molecule has 4 heterocycles. The van der Waals surface area contributed by atoms with Gasteiger partial charge in [-0.15, -0.1) is 12.4 Å². The summed E-state index contributed by atoms with van der Waals surface area (Å²) >= 11 is 0. The maximum Gasteiger partial charge on any atom is 0.269 e. The van der Waals surface area contributed by atoms with Crippen molar-refractivity contribution in [3.63, 3.8) is 0 Å². The molecule has 2 saturated heterocycles. The number of likely N-dealkylation sites (tertiary alicyclic amines) is 1.